The number of amides is 1. The summed E-state index contributed by atoms with van der Waals surface area (Å²) in [4.78, 5) is 12.4. The second-order valence-electron chi connectivity index (χ2n) is 5.90. The highest BCUT2D eigenvalue weighted by atomic mass is 16.2. The van der Waals surface area contributed by atoms with Crippen molar-refractivity contribution in [3.8, 4) is 0 Å². The zero-order valence-corrected chi connectivity index (χ0v) is 11.2. The number of benzene rings is 1. The summed E-state index contributed by atoms with van der Waals surface area (Å²) in [6, 6.07) is 5.80. The Morgan fingerprint density at radius 1 is 1.35 bits per heavy atom. The average molecular weight is 270 g/mol. The number of anilines is 1. The van der Waals surface area contributed by atoms with Crippen molar-refractivity contribution in [3.63, 3.8) is 0 Å². The van der Waals surface area contributed by atoms with Gasteiger partial charge in [-0.1, -0.05) is 6.42 Å². The van der Waals surface area contributed by atoms with Crippen LogP contribution in [-0.2, 0) is 4.79 Å². The van der Waals surface area contributed by atoms with Crippen LogP contribution in [0.1, 0.15) is 19.3 Å². The first-order valence-electron chi connectivity index (χ1n) is 7.28. The van der Waals surface area contributed by atoms with Crippen molar-refractivity contribution in [1.82, 2.24) is 15.5 Å². The van der Waals surface area contributed by atoms with Crippen LogP contribution in [-0.4, -0.2) is 28.7 Å². The van der Waals surface area contributed by atoms with Crippen molar-refractivity contribution in [2.24, 2.45) is 11.8 Å². The standard InChI is InChI=1S/C15H18N4O/c20-15(14-12-3-1-2-9(12)7-16-14)18-11-5-4-10-8-17-19-13(10)6-11/h4-6,8-9,12,14,16H,1-3,7H2,(H,17,19)(H,18,20). The van der Waals surface area contributed by atoms with Crippen LogP contribution >= 0.6 is 0 Å². The highest BCUT2D eigenvalue weighted by molar-refractivity contribution is 5.97. The smallest absolute Gasteiger partial charge is 0.241 e. The summed E-state index contributed by atoms with van der Waals surface area (Å²) in [6.45, 7) is 0.988. The molecule has 4 rings (SSSR count). The number of hydrogen-bond donors (Lipinski definition) is 3. The molecule has 5 nitrogen and oxygen atoms in total. The molecule has 1 aromatic heterocycles. The van der Waals surface area contributed by atoms with Crippen LogP contribution in [0.4, 0.5) is 5.69 Å². The third kappa shape index (κ3) is 1.89. The summed E-state index contributed by atoms with van der Waals surface area (Å²) in [5, 5.41) is 14.4. The van der Waals surface area contributed by atoms with Gasteiger partial charge in [0.1, 0.15) is 0 Å². The molecular formula is C15H18N4O. The van der Waals surface area contributed by atoms with E-state index >= 15 is 0 Å². The Hall–Kier alpha value is -1.88. The van der Waals surface area contributed by atoms with Crippen molar-refractivity contribution >= 4 is 22.5 Å². The molecule has 0 bridgehead atoms. The van der Waals surface area contributed by atoms with E-state index in [-0.39, 0.29) is 11.9 Å². The zero-order valence-electron chi connectivity index (χ0n) is 11.2. The van der Waals surface area contributed by atoms with E-state index in [1.165, 1.54) is 19.3 Å². The summed E-state index contributed by atoms with van der Waals surface area (Å²) in [7, 11) is 0. The number of hydrogen-bond acceptors (Lipinski definition) is 3. The molecule has 1 saturated carbocycles. The third-order valence-corrected chi connectivity index (χ3v) is 4.74. The van der Waals surface area contributed by atoms with E-state index in [9.17, 15) is 4.79 Å². The molecule has 2 heterocycles. The van der Waals surface area contributed by atoms with Gasteiger partial charge in [0.2, 0.25) is 5.91 Å². The topological polar surface area (TPSA) is 69.8 Å². The quantitative estimate of drug-likeness (QED) is 0.780. The molecule has 3 atom stereocenters. The van der Waals surface area contributed by atoms with E-state index in [1.54, 1.807) is 6.20 Å². The van der Waals surface area contributed by atoms with Gasteiger partial charge in [-0.05, 0) is 49.4 Å². The van der Waals surface area contributed by atoms with Crippen LogP contribution in [0, 0.1) is 11.8 Å². The fourth-order valence-electron chi connectivity index (χ4n) is 3.71. The van der Waals surface area contributed by atoms with Gasteiger partial charge in [0.15, 0.2) is 0 Å². The number of aromatic amines is 1. The Morgan fingerprint density at radius 3 is 3.25 bits per heavy atom. The van der Waals surface area contributed by atoms with Crippen LogP contribution < -0.4 is 10.6 Å². The minimum absolute atomic E-state index is 0.0278. The molecular weight excluding hydrogens is 252 g/mol. The highest BCUT2D eigenvalue weighted by Gasteiger charge is 2.42. The molecule has 0 spiro atoms. The normalized spacial score (nSPS) is 28.7. The Bertz CT molecular complexity index is 650. The third-order valence-electron chi connectivity index (χ3n) is 4.74. The van der Waals surface area contributed by atoms with E-state index in [4.69, 9.17) is 0 Å². The molecule has 3 unspecified atom stereocenters. The minimum atomic E-state index is -0.0278. The lowest BCUT2D eigenvalue weighted by Gasteiger charge is -2.17. The minimum Gasteiger partial charge on any atom is -0.325 e. The summed E-state index contributed by atoms with van der Waals surface area (Å²) in [5.41, 5.74) is 1.77. The maximum atomic E-state index is 12.4. The van der Waals surface area contributed by atoms with E-state index < -0.39 is 0 Å². The van der Waals surface area contributed by atoms with E-state index in [0.717, 1.165) is 23.1 Å². The van der Waals surface area contributed by atoms with Gasteiger partial charge in [-0.25, -0.2) is 0 Å². The molecule has 3 N–H and O–H groups in total. The number of nitrogens with zero attached hydrogens (tertiary/aromatic N) is 1. The lowest BCUT2D eigenvalue weighted by atomic mass is 9.93. The van der Waals surface area contributed by atoms with Gasteiger partial charge in [-0.15, -0.1) is 0 Å². The lowest BCUT2D eigenvalue weighted by Crippen LogP contribution is -2.39. The molecule has 1 saturated heterocycles. The second kappa shape index (κ2) is 4.59. The Morgan fingerprint density at radius 2 is 2.30 bits per heavy atom. The van der Waals surface area contributed by atoms with Crippen LogP contribution in [0.3, 0.4) is 0 Å². The zero-order chi connectivity index (χ0) is 13.5. The predicted octanol–water partition coefficient (Wildman–Crippen LogP) is 1.89. The first-order valence-corrected chi connectivity index (χ1v) is 7.28. The SMILES string of the molecule is O=C(Nc1ccc2cn[nH]c2c1)C1NCC2CCCC21. The van der Waals surface area contributed by atoms with Crippen molar-refractivity contribution in [2.45, 2.75) is 25.3 Å². The highest BCUT2D eigenvalue weighted by Crippen LogP contribution is 2.38. The molecule has 104 valence electrons. The van der Waals surface area contributed by atoms with Crippen LogP contribution in [0.5, 0.6) is 0 Å². The molecule has 1 aliphatic heterocycles. The van der Waals surface area contributed by atoms with E-state index in [1.807, 2.05) is 18.2 Å². The van der Waals surface area contributed by atoms with Gasteiger partial charge in [0, 0.05) is 11.1 Å². The second-order valence-corrected chi connectivity index (χ2v) is 5.90. The molecule has 2 aromatic rings. The van der Waals surface area contributed by atoms with Crippen molar-refractivity contribution in [3.05, 3.63) is 24.4 Å². The summed E-state index contributed by atoms with van der Waals surface area (Å²) in [6.07, 6.45) is 5.49. The molecule has 1 aliphatic carbocycles. The molecule has 1 amide bonds. The number of carbonyl (C=O) groups excluding carboxylic acids is 1. The van der Waals surface area contributed by atoms with Gasteiger partial charge in [-0.2, -0.15) is 5.10 Å². The van der Waals surface area contributed by atoms with Crippen molar-refractivity contribution in [1.29, 1.82) is 0 Å². The number of rotatable bonds is 2. The van der Waals surface area contributed by atoms with Crippen LogP contribution in [0.25, 0.3) is 10.9 Å². The van der Waals surface area contributed by atoms with Gasteiger partial charge in [0.05, 0.1) is 17.8 Å². The molecule has 2 fully saturated rings. The monoisotopic (exact) mass is 270 g/mol. The number of H-pyrrole nitrogens is 1. The van der Waals surface area contributed by atoms with Gasteiger partial charge in [-0.3, -0.25) is 9.89 Å². The first kappa shape index (κ1) is 11.9. The Balaban J connectivity index is 1.51. The maximum Gasteiger partial charge on any atom is 0.241 e. The van der Waals surface area contributed by atoms with Crippen molar-refractivity contribution < 1.29 is 4.79 Å². The van der Waals surface area contributed by atoms with E-state index in [0.29, 0.717) is 11.8 Å². The summed E-state index contributed by atoms with van der Waals surface area (Å²) < 4.78 is 0. The largest absolute Gasteiger partial charge is 0.325 e. The Kier molecular flexibility index (Phi) is 2.73. The number of nitrogens with one attached hydrogen (secondary N) is 3. The van der Waals surface area contributed by atoms with Gasteiger partial charge < -0.3 is 10.6 Å². The number of aromatic nitrogens is 2. The molecule has 1 aromatic carbocycles. The number of fused-ring (bicyclic) bond motifs is 2. The molecule has 5 heteroatoms. The number of carbonyl (C=O) groups is 1. The lowest BCUT2D eigenvalue weighted by molar-refractivity contribution is -0.118. The maximum absolute atomic E-state index is 12.4. The molecule has 2 aliphatic rings. The van der Waals surface area contributed by atoms with Crippen molar-refractivity contribution in [2.75, 3.05) is 11.9 Å². The summed E-state index contributed by atoms with van der Waals surface area (Å²) >= 11 is 0. The fraction of sp³-hybridized carbons (Fsp3) is 0.467. The summed E-state index contributed by atoms with van der Waals surface area (Å²) in [5.74, 6) is 1.31. The molecule has 20 heavy (non-hydrogen) atoms. The van der Waals surface area contributed by atoms with E-state index in [2.05, 4.69) is 20.8 Å². The average Bonchev–Trinajstić information content (AvgIpc) is 3.13. The first-order chi connectivity index (χ1) is 9.81. The van der Waals surface area contributed by atoms with Crippen LogP contribution in [0.2, 0.25) is 0 Å². The van der Waals surface area contributed by atoms with Gasteiger partial charge >= 0.3 is 0 Å². The Labute approximate surface area is 117 Å². The predicted molar refractivity (Wildman–Crippen MR) is 77.3 cm³/mol. The van der Waals surface area contributed by atoms with Crippen LogP contribution in [0.15, 0.2) is 24.4 Å². The fourth-order valence-corrected chi connectivity index (χ4v) is 3.71. The van der Waals surface area contributed by atoms with Gasteiger partial charge in [0.25, 0.3) is 0 Å². The molecule has 0 radical (unpaired) electrons.